The van der Waals surface area contributed by atoms with Gasteiger partial charge in [-0.15, -0.1) is 0 Å². The van der Waals surface area contributed by atoms with Crippen molar-refractivity contribution < 1.29 is 9.47 Å². The van der Waals surface area contributed by atoms with Gasteiger partial charge in [0.1, 0.15) is 0 Å². The Morgan fingerprint density at radius 1 is 1.38 bits per heavy atom. The van der Waals surface area contributed by atoms with Crippen LogP contribution in [0.2, 0.25) is 0 Å². The van der Waals surface area contributed by atoms with Gasteiger partial charge in [0.25, 0.3) is 0 Å². The molecule has 0 amide bonds. The zero-order valence-corrected chi connectivity index (χ0v) is 8.51. The first-order valence-electron chi connectivity index (χ1n) is 5.26. The Bertz CT molecular complexity index is 214. The predicted octanol–water partition coefficient (Wildman–Crippen LogP) is 2.50. The van der Waals surface area contributed by atoms with E-state index in [-0.39, 0.29) is 5.79 Å². The Kier molecular flexibility index (Phi) is 2.43. The van der Waals surface area contributed by atoms with Crippen LogP contribution in [0.5, 0.6) is 0 Å². The minimum Gasteiger partial charge on any atom is -0.350 e. The van der Waals surface area contributed by atoms with Crippen molar-refractivity contribution in [2.75, 3.05) is 13.2 Å². The Hall–Kier alpha value is -0.340. The lowest BCUT2D eigenvalue weighted by molar-refractivity contribution is -0.251. The summed E-state index contributed by atoms with van der Waals surface area (Å²) in [6, 6.07) is 0. The van der Waals surface area contributed by atoms with Gasteiger partial charge in [-0.05, 0) is 26.7 Å². The first-order valence-corrected chi connectivity index (χ1v) is 5.26. The Morgan fingerprint density at radius 3 is 2.46 bits per heavy atom. The van der Waals surface area contributed by atoms with E-state index in [0.717, 1.165) is 26.1 Å². The van der Waals surface area contributed by atoms with Gasteiger partial charge in [-0.1, -0.05) is 11.6 Å². The molecular formula is C11H18O2. The summed E-state index contributed by atoms with van der Waals surface area (Å²) >= 11 is 0. The fourth-order valence-corrected chi connectivity index (χ4v) is 2.60. The number of fused-ring (bicyclic) bond motifs is 2. The molecule has 0 saturated heterocycles. The van der Waals surface area contributed by atoms with Crippen LogP contribution in [-0.4, -0.2) is 19.0 Å². The molecule has 74 valence electrons. The maximum Gasteiger partial charge on any atom is 0.175 e. The summed E-state index contributed by atoms with van der Waals surface area (Å²) in [5.41, 5.74) is 1.53. The second kappa shape index (κ2) is 3.43. The van der Waals surface area contributed by atoms with Crippen LogP contribution < -0.4 is 0 Å². The first-order chi connectivity index (χ1) is 6.30. The molecule has 0 aliphatic heterocycles. The third-order valence-corrected chi connectivity index (χ3v) is 3.07. The quantitative estimate of drug-likeness (QED) is 0.491. The van der Waals surface area contributed by atoms with Crippen LogP contribution in [0, 0.1) is 5.92 Å². The second-order valence-corrected chi connectivity index (χ2v) is 3.85. The van der Waals surface area contributed by atoms with E-state index < -0.39 is 0 Å². The normalized spacial score (nSPS) is 29.4. The highest BCUT2D eigenvalue weighted by molar-refractivity contribution is 5.22. The van der Waals surface area contributed by atoms with Gasteiger partial charge in [-0.2, -0.15) is 0 Å². The molecule has 2 aliphatic carbocycles. The zero-order valence-electron chi connectivity index (χ0n) is 8.51. The summed E-state index contributed by atoms with van der Waals surface area (Å²) < 4.78 is 11.6. The maximum absolute atomic E-state index is 5.80. The molecular weight excluding hydrogens is 164 g/mol. The molecule has 1 atom stereocenters. The van der Waals surface area contributed by atoms with Crippen molar-refractivity contribution in [1.29, 1.82) is 0 Å². The molecule has 1 saturated carbocycles. The Morgan fingerprint density at radius 2 is 2.08 bits per heavy atom. The second-order valence-electron chi connectivity index (χ2n) is 3.85. The first kappa shape index (κ1) is 9.22. The number of ether oxygens (including phenoxy) is 2. The van der Waals surface area contributed by atoms with Crippen molar-refractivity contribution in [2.45, 2.75) is 38.9 Å². The van der Waals surface area contributed by atoms with Crippen LogP contribution in [-0.2, 0) is 9.47 Å². The molecule has 2 bridgehead atoms. The van der Waals surface area contributed by atoms with E-state index in [0.29, 0.717) is 5.92 Å². The van der Waals surface area contributed by atoms with Crippen molar-refractivity contribution in [3.63, 3.8) is 0 Å². The fourth-order valence-electron chi connectivity index (χ4n) is 2.60. The van der Waals surface area contributed by atoms with Gasteiger partial charge in [0.2, 0.25) is 0 Å². The van der Waals surface area contributed by atoms with E-state index in [1.54, 1.807) is 0 Å². The summed E-state index contributed by atoms with van der Waals surface area (Å²) in [5, 5.41) is 0. The van der Waals surface area contributed by atoms with Crippen molar-refractivity contribution >= 4 is 0 Å². The van der Waals surface area contributed by atoms with Crippen LogP contribution in [0.25, 0.3) is 0 Å². The van der Waals surface area contributed by atoms with E-state index in [9.17, 15) is 0 Å². The molecule has 0 spiro atoms. The van der Waals surface area contributed by atoms with Crippen molar-refractivity contribution in [3.8, 4) is 0 Å². The van der Waals surface area contributed by atoms with Gasteiger partial charge in [0.15, 0.2) is 5.79 Å². The average molecular weight is 182 g/mol. The molecule has 2 heteroatoms. The molecule has 2 aliphatic rings. The number of hydrogen-bond acceptors (Lipinski definition) is 2. The van der Waals surface area contributed by atoms with Crippen LogP contribution in [0.4, 0.5) is 0 Å². The standard InChI is InChI=1S/C11H18O2/c1-3-12-11(13-4-2)8-9-5-6-10(11)7-9/h5,10H,3-4,6-8H2,1-2H3. The lowest BCUT2D eigenvalue weighted by Gasteiger charge is -2.35. The average Bonchev–Trinajstić information content (AvgIpc) is 2.64. The van der Waals surface area contributed by atoms with Crippen molar-refractivity contribution in [1.82, 2.24) is 0 Å². The summed E-state index contributed by atoms with van der Waals surface area (Å²) in [4.78, 5) is 0. The molecule has 2 nitrogen and oxygen atoms in total. The molecule has 1 unspecified atom stereocenters. The summed E-state index contributed by atoms with van der Waals surface area (Å²) in [5.74, 6) is 0.329. The highest BCUT2D eigenvalue weighted by atomic mass is 16.7. The van der Waals surface area contributed by atoms with E-state index in [2.05, 4.69) is 6.08 Å². The molecule has 0 aromatic rings. The predicted molar refractivity (Wildman–Crippen MR) is 51.4 cm³/mol. The number of rotatable bonds is 4. The molecule has 0 aromatic heterocycles. The summed E-state index contributed by atoms with van der Waals surface area (Å²) in [7, 11) is 0. The number of allylic oxidation sites excluding steroid dienone is 1. The molecule has 0 N–H and O–H groups in total. The van der Waals surface area contributed by atoms with Crippen molar-refractivity contribution in [3.05, 3.63) is 11.6 Å². The van der Waals surface area contributed by atoms with Gasteiger partial charge in [-0.3, -0.25) is 0 Å². The van der Waals surface area contributed by atoms with E-state index in [1.807, 2.05) is 13.8 Å². The Labute approximate surface area is 79.9 Å². The summed E-state index contributed by atoms with van der Waals surface area (Å²) in [6.45, 7) is 5.59. The van der Waals surface area contributed by atoms with Gasteiger partial charge < -0.3 is 9.47 Å². The molecule has 2 rings (SSSR count). The monoisotopic (exact) mass is 182 g/mol. The van der Waals surface area contributed by atoms with E-state index >= 15 is 0 Å². The SMILES string of the molecule is CCOC1(OCC)CC2=CCC1C2. The molecule has 0 radical (unpaired) electrons. The van der Waals surface area contributed by atoms with E-state index in [1.165, 1.54) is 12.0 Å². The lowest BCUT2D eigenvalue weighted by Crippen LogP contribution is -2.40. The maximum atomic E-state index is 5.80. The van der Waals surface area contributed by atoms with Crippen LogP contribution in [0.1, 0.15) is 33.1 Å². The zero-order chi connectivity index (χ0) is 9.31. The minimum atomic E-state index is -0.256. The Balaban J connectivity index is 2.11. The lowest BCUT2D eigenvalue weighted by atomic mass is 9.98. The third kappa shape index (κ3) is 1.42. The molecule has 13 heavy (non-hydrogen) atoms. The molecule has 0 heterocycles. The highest BCUT2D eigenvalue weighted by Gasteiger charge is 2.49. The molecule has 1 fully saturated rings. The van der Waals surface area contributed by atoms with Gasteiger partial charge in [0.05, 0.1) is 0 Å². The minimum absolute atomic E-state index is 0.256. The molecule has 0 aromatic carbocycles. The third-order valence-electron chi connectivity index (χ3n) is 3.07. The largest absolute Gasteiger partial charge is 0.350 e. The van der Waals surface area contributed by atoms with Gasteiger partial charge >= 0.3 is 0 Å². The van der Waals surface area contributed by atoms with Gasteiger partial charge in [0, 0.05) is 25.6 Å². The van der Waals surface area contributed by atoms with Crippen LogP contribution in [0.15, 0.2) is 11.6 Å². The van der Waals surface area contributed by atoms with Gasteiger partial charge in [-0.25, -0.2) is 0 Å². The van der Waals surface area contributed by atoms with Crippen LogP contribution >= 0.6 is 0 Å². The van der Waals surface area contributed by atoms with E-state index in [4.69, 9.17) is 9.47 Å². The smallest absolute Gasteiger partial charge is 0.175 e. The fraction of sp³-hybridized carbons (Fsp3) is 0.818. The topological polar surface area (TPSA) is 18.5 Å². The van der Waals surface area contributed by atoms with Crippen molar-refractivity contribution in [2.24, 2.45) is 5.92 Å². The van der Waals surface area contributed by atoms with Crippen LogP contribution in [0.3, 0.4) is 0 Å². The number of hydrogen-bond donors (Lipinski definition) is 0. The highest BCUT2D eigenvalue weighted by Crippen LogP contribution is 2.49. The summed E-state index contributed by atoms with van der Waals surface area (Å²) in [6.07, 6.45) is 5.69.